The Kier molecular flexibility index (Phi) is 3.51. The maximum Gasteiger partial charge on any atom is 0.336 e. The van der Waals surface area contributed by atoms with Crippen LogP contribution in [0.25, 0.3) is 11.1 Å². The number of methoxy groups -OCH3 is 1. The molecular formula is C15H13FO3. The second-order valence-electron chi connectivity index (χ2n) is 4.18. The predicted molar refractivity (Wildman–Crippen MR) is 70.1 cm³/mol. The molecule has 0 amide bonds. The SMILES string of the molecule is COc1ccc(-c2cc(F)ccc2C)c(C(=O)O)c1. The van der Waals surface area contributed by atoms with Gasteiger partial charge in [0.1, 0.15) is 11.6 Å². The van der Waals surface area contributed by atoms with Gasteiger partial charge in [0.25, 0.3) is 0 Å². The second kappa shape index (κ2) is 5.10. The molecule has 0 aliphatic heterocycles. The molecule has 0 fully saturated rings. The van der Waals surface area contributed by atoms with Gasteiger partial charge in [-0.05, 0) is 53.9 Å². The normalized spacial score (nSPS) is 10.3. The Morgan fingerprint density at radius 2 is 1.89 bits per heavy atom. The number of ether oxygens (including phenoxy) is 1. The van der Waals surface area contributed by atoms with Crippen LogP contribution in [-0.2, 0) is 0 Å². The van der Waals surface area contributed by atoms with Crippen molar-refractivity contribution < 1.29 is 19.0 Å². The molecule has 19 heavy (non-hydrogen) atoms. The van der Waals surface area contributed by atoms with E-state index in [4.69, 9.17) is 4.74 Å². The highest BCUT2D eigenvalue weighted by atomic mass is 19.1. The van der Waals surface area contributed by atoms with Gasteiger partial charge in [-0.2, -0.15) is 0 Å². The van der Waals surface area contributed by atoms with Gasteiger partial charge in [0, 0.05) is 0 Å². The molecule has 4 heteroatoms. The average Bonchev–Trinajstić information content (AvgIpc) is 2.40. The van der Waals surface area contributed by atoms with Crippen LogP contribution in [0.2, 0.25) is 0 Å². The Hall–Kier alpha value is -2.36. The van der Waals surface area contributed by atoms with Gasteiger partial charge in [0.05, 0.1) is 12.7 Å². The van der Waals surface area contributed by atoms with Gasteiger partial charge < -0.3 is 9.84 Å². The molecule has 0 saturated carbocycles. The van der Waals surface area contributed by atoms with Crippen LogP contribution in [0.1, 0.15) is 15.9 Å². The van der Waals surface area contributed by atoms with Gasteiger partial charge in [-0.25, -0.2) is 9.18 Å². The lowest BCUT2D eigenvalue weighted by Crippen LogP contribution is -2.01. The largest absolute Gasteiger partial charge is 0.497 e. The molecule has 0 radical (unpaired) electrons. The zero-order valence-corrected chi connectivity index (χ0v) is 10.6. The number of benzene rings is 2. The van der Waals surface area contributed by atoms with E-state index >= 15 is 0 Å². The number of hydrogen-bond donors (Lipinski definition) is 1. The average molecular weight is 260 g/mol. The van der Waals surface area contributed by atoms with Crippen molar-refractivity contribution in [2.24, 2.45) is 0 Å². The molecule has 0 aliphatic carbocycles. The lowest BCUT2D eigenvalue weighted by Gasteiger charge is -2.11. The van der Waals surface area contributed by atoms with Crippen LogP contribution in [-0.4, -0.2) is 18.2 Å². The van der Waals surface area contributed by atoms with E-state index in [2.05, 4.69) is 0 Å². The zero-order chi connectivity index (χ0) is 14.0. The molecule has 0 unspecified atom stereocenters. The van der Waals surface area contributed by atoms with Crippen molar-refractivity contribution in [3.63, 3.8) is 0 Å². The van der Waals surface area contributed by atoms with Crippen LogP contribution < -0.4 is 4.74 Å². The van der Waals surface area contributed by atoms with Crippen LogP contribution in [0.4, 0.5) is 4.39 Å². The number of carbonyl (C=O) groups is 1. The summed E-state index contributed by atoms with van der Waals surface area (Å²) >= 11 is 0. The molecule has 98 valence electrons. The number of aromatic carboxylic acids is 1. The third kappa shape index (κ3) is 2.57. The number of carboxylic acids is 1. The summed E-state index contributed by atoms with van der Waals surface area (Å²) in [6.45, 7) is 1.81. The van der Waals surface area contributed by atoms with Crippen molar-refractivity contribution in [2.45, 2.75) is 6.92 Å². The van der Waals surface area contributed by atoms with Gasteiger partial charge in [-0.3, -0.25) is 0 Å². The number of hydrogen-bond acceptors (Lipinski definition) is 2. The minimum atomic E-state index is -1.07. The summed E-state index contributed by atoms with van der Waals surface area (Å²) in [5.41, 5.74) is 1.95. The first kappa shape index (κ1) is 13.1. The summed E-state index contributed by atoms with van der Waals surface area (Å²) in [5, 5.41) is 9.26. The molecule has 0 saturated heterocycles. The summed E-state index contributed by atoms with van der Waals surface area (Å²) in [6.07, 6.45) is 0. The maximum atomic E-state index is 13.3. The topological polar surface area (TPSA) is 46.5 Å². The summed E-state index contributed by atoms with van der Waals surface area (Å²) in [5.74, 6) is -1.01. The maximum absolute atomic E-state index is 13.3. The van der Waals surface area contributed by atoms with E-state index in [9.17, 15) is 14.3 Å². The first-order valence-electron chi connectivity index (χ1n) is 5.71. The van der Waals surface area contributed by atoms with Gasteiger partial charge in [-0.1, -0.05) is 6.07 Å². The predicted octanol–water partition coefficient (Wildman–Crippen LogP) is 3.51. The molecule has 2 rings (SSSR count). The fourth-order valence-electron chi connectivity index (χ4n) is 1.95. The third-order valence-corrected chi connectivity index (χ3v) is 2.95. The fraction of sp³-hybridized carbons (Fsp3) is 0.133. The van der Waals surface area contributed by atoms with Crippen LogP contribution in [0, 0.1) is 12.7 Å². The summed E-state index contributed by atoms with van der Waals surface area (Å²) in [7, 11) is 1.47. The van der Waals surface area contributed by atoms with E-state index < -0.39 is 11.8 Å². The summed E-state index contributed by atoms with van der Waals surface area (Å²) in [4.78, 5) is 11.3. The minimum absolute atomic E-state index is 0.0908. The van der Waals surface area contributed by atoms with E-state index in [0.29, 0.717) is 16.9 Å². The Morgan fingerprint density at radius 1 is 1.16 bits per heavy atom. The molecule has 0 atom stereocenters. The zero-order valence-electron chi connectivity index (χ0n) is 10.6. The Balaban J connectivity index is 2.67. The van der Waals surface area contributed by atoms with Crippen molar-refractivity contribution in [1.29, 1.82) is 0 Å². The molecule has 3 nitrogen and oxygen atoms in total. The van der Waals surface area contributed by atoms with E-state index in [-0.39, 0.29) is 5.56 Å². The molecule has 2 aromatic carbocycles. The van der Waals surface area contributed by atoms with Crippen LogP contribution in [0.5, 0.6) is 5.75 Å². The Labute approximate surface area is 110 Å². The first-order valence-corrected chi connectivity index (χ1v) is 5.71. The van der Waals surface area contributed by atoms with E-state index in [1.165, 1.54) is 25.3 Å². The monoisotopic (exact) mass is 260 g/mol. The summed E-state index contributed by atoms with van der Waals surface area (Å²) < 4.78 is 18.4. The quantitative estimate of drug-likeness (QED) is 0.918. The van der Waals surface area contributed by atoms with Crippen LogP contribution in [0.15, 0.2) is 36.4 Å². The van der Waals surface area contributed by atoms with Gasteiger partial charge >= 0.3 is 5.97 Å². The number of rotatable bonds is 3. The van der Waals surface area contributed by atoms with Gasteiger partial charge in [-0.15, -0.1) is 0 Å². The lowest BCUT2D eigenvalue weighted by molar-refractivity contribution is 0.0697. The third-order valence-electron chi connectivity index (χ3n) is 2.95. The molecule has 1 N–H and O–H groups in total. The summed E-state index contributed by atoms with van der Waals surface area (Å²) in [6, 6.07) is 9.03. The Bertz CT molecular complexity index is 635. The highest BCUT2D eigenvalue weighted by Gasteiger charge is 2.15. The number of carboxylic acid groups (broad SMARTS) is 1. The van der Waals surface area contributed by atoms with E-state index in [1.54, 1.807) is 18.2 Å². The standard InChI is InChI=1S/C15H13FO3/c1-9-3-4-10(16)7-13(9)12-6-5-11(19-2)8-14(12)15(17)18/h3-8H,1-2H3,(H,17,18). The van der Waals surface area contributed by atoms with E-state index in [0.717, 1.165) is 5.56 Å². The van der Waals surface area contributed by atoms with Crippen molar-refractivity contribution in [3.05, 3.63) is 53.3 Å². The molecule has 0 aromatic heterocycles. The van der Waals surface area contributed by atoms with Crippen molar-refractivity contribution in [1.82, 2.24) is 0 Å². The molecule has 0 spiro atoms. The first-order chi connectivity index (χ1) is 9.02. The van der Waals surface area contributed by atoms with Crippen LogP contribution in [0.3, 0.4) is 0 Å². The lowest BCUT2D eigenvalue weighted by atomic mass is 9.95. The molecule has 0 aliphatic rings. The number of halogens is 1. The van der Waals surface area contributed by atoms with Crippen LogP contribution >= 0.6 is 0 Å². The van der Waals surface area contributed by atoms with Gasteiger partial charge in [0.2, 0.25) is 0 Å². The fourth-order valence-corrected chi connectivity index (χ4v) is 1.95. The molecule has 0 bridgehead atoms. The minimum Gasteiger partial charge on any atom is -0.497 e. The molecular weight excluding hydrogens is 247 g/mol. The smallest absolute Gasteiger partial charge is 0.336 e. The molecule has 2 aromatic rings. The van der Waals surface area contributed by atoms with Crippen molar-refractivity contribution >= 4 is 5.97 Å². The van der Waals surface area contributed by atoms with E-state index in [1.807, 2.05) is 6.92 Å². The Morgan fingerprint density at radius 3 is 2.53 bits per heavy atom. The second-order valence-corrected chi connectivity index (χ2v) is 4.18. The van der Waals surface area contributed by atoms with Gasteiger partial charge in [0.15, 0.2) is 0 Å². The molecule has 0 heterocycles. The highest BCUT2D eigenvalue weighted by molar-refractivity contribution is 5.97. The van der Waals surface area contributed by atoms with Crippen molar-refractivity contribution in [3.8, 4) is 16.9 Å². The highest BCUT2D eigenvalue weighted by Crippen LogP contribution is 2.30. The number of aryl methyl sites for hydroxylation is 1. The van der Waals surface area contributed by atoms with Crippen molar-refractivity contribution in [2.75, 3.05) is 7.11 Å².